The van der Waals surface area contributed by atoms with Gasteiger partial charge in [0.25, 0.3) is 0 Å². The summed E-state index contributed by atoms with van der Waals surface area (Å²) in [4.78, 5) is 25.7. The third-order valence-corrected chi connectivity index (χ3v) is 5.27. The van der Waals surface area contributed by atoms with E-state index < -0.39 is 11.6 Å². The number of nitrogens with one attached hydrogen (secondary N) is 1. The topological polar surface area (TPSA) is 111 Å². The molecule has 27 heavy (non-hydrogen) atoms. The molecule has 1 fully saturated rings. The Kier molecular flexibility index (Phi) is 5.56. The molecule has 5 N–H and O–H groups in total. The number of carbonyl (C=O) groups is 2. The lowest BCUT2D eigenvalue weighted by Gasteiger charge is -2.37. The smallest absolute Gasteiger partial charge is 0.237 e. The van der Waals surface area contributed by atoms with Gasteiger partial charge in [-0.05, 0) is 48.2 Å². The summed E-state index contributed by atoms with van der Waals surface area (Å²) in [6, 6.07) is 10.8. The predicted molar refractivity (Wildman–Crippen MR) is 108 cm³/mol. The molecule has 0 heterocycles. The molecular weight excluding hydrogens is 340 g/mol. The number of nitrogens with two attached hydrogens (primary N) is 2. The number of Topliss-reactive ketones (excluding diaryl/α,β-unsaturated/α-hetero) is 1. The van der Waals surface area contributed by atoms with E-state index in [1.165, 1.54) is 0 Å². The second kappa shape index (κ2) is 7.88. The number of benzene rings is 2. The van der Waals surface area contributed by atoms with Crippen LogP contribution < -0.4 is 16.9 Å². The minimum absolute atomic E-state index is 0.0364. The summed E-state index contributed by atoms with van der Waals surface area (Å²) in [6.07, 6.45) is 5.79. The molecular formula is C21H26N4O2. The lowest BCUT2D eigenvalue weighted by molar-refractivity contribution is -0.123. The summed E-state index contributed by atoms with van der Waals surface area (Å²) in [5.41, 5.74) is 6.37. The first-order valence-electron chi connectivity index (χ1n) is 9.35. The van der Waals surface area contributed by atoms with Gasteiger partial charge in [-0.3, -0.25) is 9.59 Å². The molecule has 142 valence electrons. The number of fused-ring (bicyclic) bond motifs is 1. The van der Waals surface area contributed by atoms with Gasteiger partial charge in [0.15, 0.2) is 5.78 Å². The van der Waals surface area contributed by atoms with E-state index in [1.807, 2.05) is 36.4 Å². The van der Waals surface area contributed by atoms with Crippen molar-refractivity contribution in [1.82, 2.24) is 5.32 Å². The van der Waals surface area contributed by atoms with Crippen LogP contribution in [0.5, 0.6) is 0 Å². The lowest BCUT2D eigenvalue weighted by Crippen LogP contribution is -2.58. The fraction of sp³-hybridized carbons (Fsp3) is 0.381. The Balaban J connectivity index is 1.95. The highest BCUT2D eigenvalue weighted by Gasteiger charge is 2.41. The molecule has 0 aliphatic heterocycles. The molecule has 0 bridgehead atoms. The molecule has 1 atom stereocenters. The Morgan fingerprint density at radius 3 is 2.44 bits per heavy atom. The average molecular weight is 366 g/mol. The second-order valence-corrected chi connectivity index (χ2v) is 7.35. The Bertz CT molecular complexity index is 883. The zero-order valence-electron chi connectivity index (χ0n) is 15.6. The predicted octanol–water partition coefficient (Wildman–Crippen LogP) is 2.48. The number of nitrogens with zero attached hydrogens (tertiary/aromatic N) is 1. The average Bonchev–Trinajstić information content (AvgIpc) is 2.68. The van der Waals surface area contributed by atoms with Crippen molar-refractivity contribution in [3.63, 3.8) is 0 Å². The van der Waals surface area contributed by atoms with Gasteiger partial charge in [-0.15, -0.1) is 0 Å². The first-order chi connectivity index (χ1) is 12.9. The standard InChI is InChI=1S/C21H26N4O2/c1-14(22)20(27)25-21(9-3-2-4-10-21)19(26)18-8-7-16-11-15(13-24-23)5-6-17(16)12-18/h5-8,11-14H,2-4,9-10,22-23H2,1H3,(H,25,27). The van der Waals surface area contributed by atoms with Gasteiger partial charge in [0.2, 0.25) is 5.91 Å². The quantitative estimate of drug-likeness (QED) is 0.327. The van der Waals surface area contributed by atoms with Crippen molar-refractivity contribution in [2.75, 3.05) is 0 Å². The van der Waals surface area contributed by atoms with Gasteiger partial charge >= 0.3 is 0 Å². The first-order valence-corrected chi connectivity index (χ1v) is 9.35. The number of carbonyl (C=O) groups excluding carboxylic acids is 2. The molecule has 6 nitrogen and oxygen atoms in total. The van der Waals surface area contributed by atoms with Crippen LogP contribution in [0.25, 0.3) is 10.8 Å². The van der Waals surface area contributed by atoms with E-state index in [9.17, 15) is 9.59 Å². The molecule has 0 spiro atoms. The van der Waals surface area contributed by atoms with Crippen LogP contribution >= 0.6 is 0 Å². The summed E-state index contributed by atoms with van der Waals surface area (Å²) < 4.78 is 0. The van der Waals surface area contributed by atoms with Crippen molar-refractivity contribution in [2.24, 2.45) is 16.7 Å². The molecule has 1 amide bonds. The Morgan fingerprint density at radius 2 is 1.78 bits per heavy atom. The van der Waals surface area contributed by atoms with E-state index in [-0.39, 0.29) is 11.7 Å². The van der Waals surface area contributed by atoms with Gasteiger partial charge < -0.3 is 16.9 Å². The SMILES string of the molecule is CC(N)C(=O)NC1(C(=O)c2ccc3cc(C=NN)ccc3c2)CCCCC1. The third-order valence-electron chi connectivity index (χ3n) is 5.27. The highest BCUT2D eigenvalue weighted by atomic mass is 16.2. The van der Waals surface area contributed by atoms with Crippen molar-refractivity contribution >= 4 is 28.7 Å². The molecule has 1 aliphatic carbocycles. The van der Waals surface area contributed by atoms with Crippen molar-refractivity contribution in [3.05, 3.63) is 47.5 Å². The van der Waals surface area contributed by atoms with E-state index in [0.29, 0.717) is 18.4 Å². The number of ketones is 1. The van der Waals surface area contributed by atoms with Crippen LogP contribution in [-0.2, 0) is 4.79 Å². The normalized spacial score (nSPS) is 17.7. The van der Waals surface area contributed by atoms with Crippen LogP contribution in [0.2, 0.25) is 0 Å². The van der Waals surface area contributed by atoms with Gasteiger partial charge in [0, 0.05) is 5.56 Å². The summed E-state index contributed by atoms with van der Waals surface area (Å²) in [7, 11) is 0. The largest absolute Gasteiger partial charge is 0.342 e. The molecule has 1 aliphatic rings. The zero-order valence-corrected chi connectivity index (χ0v) is 15.6. The van der Waals surface area contributed by atoms with Gasteiger partial charge in [0.1, 0.15) is 5.54 Å². The minimum Gasteiger partial charge on any atom is -0.342 e. The van der Waals surface area contributed by atoms with Crippen LogP contribution in [0.4, 0.5) is 0 Å². The monoisotopic (exact) mass is 366 g/mol. The minimum atomic E-state index is -0.858. The maximum Gasteiger partial charge on any atom is 0.237 e. The molecule has 2 aromatic carbocycles. The number of hydrazone groups is 1. The van der Waals surface area contributed by atoms with E-state index in [2.05, 4.69) is 10.4 Å². The van der Waals surface area contributed by atoms with Crippen LogP contribution in [0.1, 0.15) is 54.9 Å². The van der Waals surface area contributed by atoms with Crippen molar-refractivity contribution in [3.8, 4) is 0 Å². The maximum absolute atomic E-state index is 13.4. The molecule has 0 radical (unpaired) electrons. The highest BCUT2D eigenvalue weighted by molar-refractivity contribution is 6.07. The summed E-state index contributed by atoms with van der Waals surface area (Å²) in [5.74, 6) is 4.89. The van der Waals surface area contributed by atoms with Gasteiger partial charge in [-0.25, -0.2) is 0 Å². The molecule has 0 aromatic heterocycles. The highest BCUT2D eigenvalue weighted by Crippen LogP contribution is 2.32. The Labute approximate surface area is 159 Å². The number of rotatable bonds is 5. The number of amides is 1. The molecule has 2 aromatic rings. The Hall–Kier alpha value is -2.73. The third kappa shape index (κ3) is 4.01. The van der Waals surface area contributed by atoms with Gasteiger partial charge in [-0.1, -0.05) is 43.5 Å². The van der Waals surface area contributed by atoms with E-state index in [1.54, 1.807) is 13.1 Å². The molecule has 0 saturated heterocycles. The fourth-order valence-corrected chi connectivity index (χ4v) is 3.76. The van der Waals surface area contributed by atoms with Crippen LogP contribution in [0.3, 0.4) is 0 Å². The van der Waals surface area contributed by atoms with Gasteiger partial charge in [0.05, 0.1) is 12.3 Å². The fourth-order valence-electron chi connectivity index (χ4n) is 3.76. The Morgan fingerprint density at radius 1 is 1.11 bits per heavy atom. The van der Waals surface area contributed by atoms with Crippen LogP contribution in [-0.4, -0.2) is 29.5 Å². The first kappa shape index (κ1) is 19.0. The maximum atomic E-state index is 13.4. The zero-order chi connectivity index (χ0) is 19.4. The van der Waals surface area contributed by atoms with Crippen LogP contribution in [0.15, 0.2) is 41.5 Å². The molecule has 6 heteroatoms. The van der Waals surface area contributed by atoms with E-state index >= 15 is 0 Å². The number of hydrogen-bond donors (Lipinski definition) is 3. The summed E-state index contributed by atoms with van der Waals surface area (Å²) in [5, 5.41) is 8.46. The van der Waals surface area contributed by atoms with E-state index in [4.69, 9.17) is 11.6 Å². The van der Waals surface area contributed by atoms with E-state index in [0.717, 1.165) is 35.6 Å². The van der Waals surface area contributed by atoms with Crippen molar-refractivity contribution < 1.29 is 9.59 Å². The van der Waals surface area contributed by atoms with Gasteiger partial charge in [-0.2, -0.15) is 5.10 Å². The van der Waals surface area contributed by atoms with Crippen molar-refractivity contribution in [1.29, 1.82) is 0 Å². The molecule has 1 saturated carbocycles. The molecule has 1 unspecified atom stereocenters. The van der Waals surface area contributed by atoms with Crippen LogP contribution in [0, 0.1) is 0 Å². The lowest BCUT2D eigenvalue weighted by atomic mass is 9.76. The second-order valence-electron chi connectivity index (χ2n) is 7.35. The summed E-state index contributed by atoms with van der Waals surface area (Å²) in [6.45, 7) is 1.63. The number of hydrogen-bond acceptors (Lipinski definition) is 5. The van der Waals surface area contributed by atoms with Crippen molar-refractivity contribution in [2.45, 2.75) is 50.6 Å². The molecule has 3 rings (SSSR count). The summed E-state index contributed by atoms with van der Waals surface area (Å²) >= 11 is 0.